The van der Waals surface area contributed by atoms with Gasteiger partial charge in [0, 0.05) is 19.2 Å². The van der Waals surface area contributed by atoms with Gasteiger partial charge in [-0.3, -0.25) is 0 Å². The molecule has 0 amide bonds. The fourth-order valence-electron chi connectivity index (χ4n) is 1.97. The molecule has 1 aliphatic heterocycles. The number of aryl methyl sites for hydroxylation is 1. The van der Waals surface area contributed by atoms with Gasteiger partial charge in [0.15, 0.2) is 0 Å². The molecular weight excluding hydrogens is 268 g/mol. The Morgan fingerprint density at radius 2 is 2.12 bits per heavy atom. The van der Waals surface area contributed by atoms with E-state index in [1.54, 1.807) is 0 Å². The zero-order valence-electron chi connectivity index (χ0n) is 9.54. The van der Waals surface area contributed by atoms with E-state index in [0.717, 1.165) is 29.3 Å². The van der Waals surface area contributed by atoms with Crippen LogP contribution < -0.4 is 5.32 Å². The van der Waals surface area contributed by atoms with E-state index < -0.39 is 0 Å². The number of hydrogen-bond donors (Lipinski definition) is 1. The summed E-state index contributed by atoms with van der Waals surface area (Å²) in [6, 6.07) is 1.91. The van der Waals surface area contributed by atoms with Crippen molar-refractivity contribution in [2.24, 2.45) is 0 Å². The maximum Gasteiger partial charge on any atom is 0.130 e. The van der Waals surface area contributed by atoms with Crippen LogP contribution in [0.1, 0.15) is 18.7 Å². The third-order valence-electron chi connectivity index (χ3n) is 2.74. The van der Waals surface area contributed by atoms with Gasteiger partial charge in [-0.25, -0.2) is 9.97 Å². The fourth-order valence-corrected chi connectivity index (χ4v) is 2.44. The Morgan fingerprint density at radius 1 is 1.38 bits per heavy atom. The summed E-state index contributed by atoms with van der Waals surface area (Å²) in [6.07, 6.45) is 2.69. The van der Waals surface area contributed by atoms with Gasteiger partial charge in [-0.2, -0.15) is 0 Å². The van der Waals surface area contributed by atoms with Crippen molar-refractivity contribution in [1.29, 1.82) is 0 Å². The highest BCUT2D eigenvalue weighted by atomic mass is 79.9. The van der Waals surface area contributed by atoms with Crippen LogP contribution in [0.5, 0.6) is 0 Å². The minimum absolute atomic E-state index is 0.790. The number of halogens is 1. The predicted octanol–water partition coefficient (Wildman–Crippen LogP) is 2.06. The average molecular weight is 285 g/mol. The first-order valence-electron chi connectivity index (χ1n) is 5.71. The van der Waals surface area contributed by atoms with Crippen LogP contribution >= 0.6 is 15.9 Å². The third-order valence-corrected chi connectivity index (χ3v) is 3.15. The van der Waals surface area contributed by atoms with Crippen LogP contribution in [-0.4, -0.2) is 41.0 Å². The molecule has 0 aromatic carbocycles. The van der Waals surface area contributed by atoms with Crippen LogP contribution in [0, 0.1) is 6.92 Å². The Hall–Kier alpha value is -0.680. The van der Waals surface area contributed by atoms with Crippen LogP contribution in [-0.2, 0) is 0 Å². The highest BCUT2D eigenvalue weighted by Crippen LogP contribution is 2.12. The topological polar surface area (TPSA) is 41.1 Å². The maximum atomic E-state index is 4.33. The van der Waals surface area contributed by atoms with Gasteiger partial charge in [-0.15, -0.1) is 0 Å². The number of aromatic nitrogens is 2. The Bertz CT molecular complexity index is 330. The van der Waals surface area contributed by atoms with E-state index in [4.69, 9.17) is 0 Å². The van der Waals surface area contributed by atoms with Crippen molar-refractivity contribution in [1.82, 2.24) is 14.9 Å². The second-order valence-corrected chi connectivity index (χ2v) is 4.91. The van der Waals surface area contributed by atoms with Crippen molar-refractivity contribution < 1.29 is 0 Å². The molecule has 0 saturated carbocycles. The molecule has 1 aromatic heterocycles. The van der Waals surface area contributed by atoms with Crippen LogP contribution in [0.4, 0.5) is 5.82 Å². The van der Waals surface area contributed by atoms with Crippen LogP contribution in [0.15, 0.2) is 10.7 Å². The van der Waals surface area contributed by atoms with E-state index in [9.17, 15) is 0 Å². The number of nitrogens with zero attached hydrogens (tertiary/aromatic N) is 3. The summed E-state index contributed by atoms with van der Waals surface area (Å²) in [7, 11) is 0. The first-order chi connectivity index (χ1) is 7.74. The number of rotatable bonds is 4. The lowest BCUT2D eigenvalue weighted by atomic mass is 10.4. The van der Waals surface area contributed by atoms with E-state index in [2.05, 4.69) is 36.1 Å². The Labute approximate surface area is 105 Å². The molecule has 0 aliphatic carbocycles. The molecule has 1 saturated heterocycles. The molecule has 16 heavy (non-hydrogen) atoms. The molecule has 0 spiro atoms. The lowest BCUT2D eigenvalue weighted by Gasteiger charge is -2.15. The Morgan fingerprint density at radius 3 is 2.81 bits per heavy atom. The standard InChI is InChI=1S/C11H17BrN4/c1-9-14-10(12)8-11(15-9)13-4-7-16-5-2-3-6-16/h8H,2-7H2,1H3,(H,13,14,15). The van der Waals surface area contributed by atoms with Gasteiger partial charge in [-0.05, 0) is 48.8 Å². The second-order valence-electron chi connectivity index (χ2n) is 4.10. The summed E-state index contributed by atoms with van der Waals surface area (Å²) >= 11 is 3.37. The first kappa shape index (κ1) is 11.8. The lowest BCUT2D eigenvalue weighted by Crippen LogP contribution is -2.26. The summed E-state index contributed by atoms with van der Waals surface area (Å²) < 4.78 is 0.837. The number of hydrogen-bond acceptors (Lipinski definition) is 4. The van der Waals surface area contributed by atoms with Gasteiger partial charge in [0.05, 0.1) is 0 Å². The molecule has 88 valence electrons. The van der Waals surface area contributed by atoms with E-state index in [1.165, 1.54) is 25.9 Å². The van der Waals surface area contributed by atoms with Gasteiger partial charge in [0.1, 0.15) is 16.2 Å². The predicted molar refractivity (Wildman–Crippen MR) is 68.6 cm³/mol. The molecule has 1 aliphatic rings. The van der Waals surface area contributed by atoms with Gasteiger partial charge in [-0.1, -0.05) is 0 Å². The number of nitrogens with one attached hydrogen (secondary N) is 1. The number of likely N-dealkylation sites (tertiary alicyclic amines) is 1. The quantitative estimate of drug-likeness (QED) is 0.860. The summed E-state index contributed by atoms with van der Waals surface area (Å²) in [6.45, 7) is 6.43. The molecule has 1 aromatic rings. The zero-order valence-corrected chi connectivity index (χ0v) is 11.1. The highest BCUT2D eigenvalue weighted by molar-refractivity contribution is 9.10. The van der Waals surface area contributed by atoms with Gasteiger partial charge < -0.3 is 10.2 Å². The summed E-state index contributed by atoms with van der Waals surface area (Å²) in [5.41, 5.74) is 0. The van der Waals surface area contributed by atoms with Crippen molar-refractivity contribution in [3.05, 3.63) is 16.5 Å². The minimum atomic E-state index is 0.790. The smallest absolute Gasteiger partial charge is 0.130 e. The molecule has 4 nitrogen and oxygen atoms in total. The summed E-state index contributed by atoms with van der Waals surface area (Å²) in [5.74, 6) is 1.69. The van der Waals surface area contributed by atoms with E-state index in [-0.39, 0.29) is 0 Å². The van der Waals surface area contributed by atoms with Crippen molar-refractivity contribution in [2.75, 3.05) is 31.5 Å². The zero-order chi connectivity index (χ0) is 11.4. The molecule has 0 unspecified atom stereocenters. The van der Waals surface area contributed by atoms with Crippen molar-refractivity contribution in [2.45, 2.75) is 19.8 Å². The molecule has 2 heterocycles. The monoisotopic (exact) mass is 284 g/mol. The van der Waals surface area contributed by atoms with Crippen molar-refractivity contribution >= 4 is 21.7 Å². The van der Waals surface area contributed by atoms with Gasteiger partial charge >= 0.3 is 0 Å². The van der Waals surface area contributed by atoms with Gasteiger partial charge in [0.25, 0.3) is 0 Å². The van der Waals surface area contributed by atoms with Crippen LogP contribution in [0.25, 0.3) is 0 Å². The number of anilines is 1. The first-order valence-corrected chi connectivity index (χ1v) is 6.51. The largest absolute Gasteiger partial charge is 0.369 e. The van der Waals surface area contributed by atoms with E-state index in [1.807, 2.05) is 13.0 Å². The second kappa shape index (κ2) is 5.59. The minimum Gasteiger partial charge on any atom is -0.369 e. The molecule has 0 bridgehead atoms. The van der Waals surface area contributed by atoms with Crippen LogP contribution in [0.2, 0.25) is 0 Å². The van der Waals surface area contributed by atoms with Crippen molar-refractivity contribution in [3.8, 4) is 0 Å². The lowest BCUT2D eigenvalue weighted by molar-refractivity contribution is 0.352. The molecule has 0 atom stereocenters. The van der Waals surface area contributed by atoms with E-state index in [0.29, 0.717) is 0 Å². The highest BCUT2D eigenvalue weighted by Gasteiger charge is 2.10. The Kier molecular flexibility index (Phi) is 4.12. The Balaban J connectivity index is 1.80. The maximum absolute atomic E-state index is 4.33. The summed E-state index contributed by atoms with van der Waals surface area (Å²) in [5, 5.41) is 3.33. The molecule has 5 heteroatoms. The normalized spacial score (nSPS) is 16.6. The summed E-state index contributed by atoms with van der Waals surface area (Å²) in [4.78, 5) is 11.0. The fraction of sp³-hybridized carbons (Fsp3) is 0.636. The van der Waals surface area contributed by atoms with Gasteiger partial charge in [0.2, 0.25) is 0 Å². The molecule has 0 radical (unpaired) electrons. The SMILES string of the molecule is Cc1nc(Br)cc(NCCN2CCCC2)n1. The average Bonchev–Trinajstić information content (AvgIpc) is 2.69. The molecule has 1 N–H and O–H groups in total. The van der Waals surface area contributed by atoms with Crippen molar-refractivity contribution in [3.63, 3.8) is 0 Å². The van der Waals surface area contributed by atoms with E-state index >= 15 is 0 Å². The molecular formula is C11H17BrN4. The van der Waals surface area contributed by atoms with Crippen LogP contribution in [0.3, 0.4) is 0 Å². The molecule has 2 rings (SSSR count). The third kappa shape index (κ3) is 3.42. The molecule has 1 fully saturated rings.